The van der Waals surface area contributed by atoms with Crippen molar-refractivity contribution in [3.8, 4) is 22.8 Å². The second kappa shape index (κ2) is 8.75. The Balaban J connectivity index is 1.59. The van der Waals surface area contributed by atoms with E-state index in [1.165, 1.54) is 36.0 Å². The summed E-state index contributed by atoms with van der Waals surface area (Å²) in [6.45, 7) is 0. The van der Waals surface area contributed by atoms with Gasteiger partial charge in [0.05, 0.1) is 5.75 Å². The Morgan fingerprint density at radius 2 is 1.83 bits per heavy atom. The molecule has 0 aliphatic rings. The SMILES string of the molecule is O=C(CSc1nnc(-c2ccncc2)n1-c1ccc(F)cc1)Nc1cccc(O)c1. The highest BCUT2D eigenvalue weighted by Crippen LogP contribution is 2.28. The van der Waals surface area contributed by atoms with Gasteiger partial charge in [-0.15, -0.1) is 10.2 Å². The molecule has 0 bridgehead atoms. The molecule has 0 aliphatic carbocycles. The summed E-state index contributed by atoms with van der Waals surface area (Å²) in [6.07, 6.45) is 3.29. The first kappa shape index (κ1) is 19.6. The largest absolute Gasteiger partial charge is 0.508 e. The number of rotatable bonds is 6. The van der Waals surface area contributed by atoms with Crippen LogP contribution >= 0.6 is 11.8 Å². The number of hydrogen-bond donors (Lipinski definition) is 2. The van der Waals surface area contributed by atoms with E-state index in [0.29, 0.717) is 22.4 Å². The predicted molar refractivity (Wildman–Crippen MR) is 112 cm³/mol. The van der Waals surface area contributed by atoms with Gasteiger partial charge >= 0.3 is 0 Å². The van der Waals surface area contributed by atoms with Crippen LogP contribution in [0.3, 0.4) is 0 Å². The lowest BCUT2D eigenvalue weighted by Gasteiger charge is -2.10. The number of hydrogen-bond acceptors (Lipinski definition) is 6. The predicted octanol–water partition coefficient (Wildman–Crippen LogP) is 3.90. The lowest BCUT2D eigenvalue weighted by atomic mass is 10.2. The van der Waals surface area contributed by atoms with Gasteiger partial charge in [0.15, 0.2) is 11.0 Å². The van der Waals surface area contributed by atoms with E-state index in [2.05, 4.69) is 20.5 Å². The topological polar surface area (TPSA) is 92.9 Å². The molecule has 0 saturated heterocycles. The van der Waals surface area contributed by atoms with Crippen molar-refractivity contribution in [2.45, 2.75) is 5.16 Å². The number of amides is 1. The van der Waals surface area contributed by atoms with Crippen LogP contribution in [0.2, 0.25) is 0 Å². The fourth-order valence-corrected chi connectivity index (χ4v) is 3.54. The van der Waals surface area contributed by atoms with Gasteiger partial charge in [0.25, 0.3) is 0 Å². The molecular formula is C21H16FN5O2S. The molecule has 7 nitrogen and oxygen atoms in total. The third-order valence-corrected chi connectivity index (χ3v) is 5.05. The van der Waals surface area contributed by atoms with Crippen molar-refractivity contribution in [3.05, 3.63) is 78.9 Å². The van der Waals surface area contributed by atoms with E-state index >= 15 is 0 Å². The van der Waals surface area contributed by atoms with Gasteiger partial charge in [-0.25, -0.2) is 4.39 Å². The number of thioether (sulfide) groups is 1. The number of carbonyl (C=O) groups is 1. The molecule has 2 aromatic carbocycles. The van der Waals surface area contributed by atoms with E-state index in [1.54, 1.807) is 53.4 Å². The number of nitrogens with zero attached hydrogens (tertiary/aromatic N) is 4. The normalized spacial score (nSPS) is 10.7. The maximum absolute atomic E-state index is 13.4. The number of anilines is 1. The monoisotopic (exact) mass is 421 g/mol. The Morgan fingerprint density at radius 1 is 1.07 bits per heavy atom. The van der Waals surface area contributed by atoms with E-state index in [4.69, 9.17) is 0 Å². The van der Waals surface area contributed by atoms with Crippen molar-refractivity contribution < 1.29 is 14.3 Å². The fraction of sp³-hybridized carbons (Fsp3) is 0.0476. The van der Waals surface area contributed by atoms with Crippen LogP contribution in [0.25, 0.3) is 17.1 Å². The number of phenolic OH excluding ortho intramolecular Hbond substituents is 1. The van der Waals surface area contributed by atoms with E-state index in [-0.39, 0.29) is 23.2 Å². The highest BCUT2D eigenvalue weighted by atomic mass is 32.2. The molecule has 30 heavy (non-hydrogen) atoms. The smallest absolute Gasteiger partial charge is 0.234 e. The Labute approximate surface area is 175 Å². The van der Waals surface area contributed by atoms with Crippen molar-refractivity contribution in [1.29, 1.82) is 0 Å². The molecule has 2 aromatic heterocycles. The lowest BCUT2D eigenvalue weighted by Crippen LogP contribution is -2.14. The summed E-state index contributed by atoms with van der Waals surface area (Å²) >= 11 is 1.20. The van der Waals surface area contributed by atoms with Gasteiger partial charge in [-0.3, -0.25) is 14.3 Å². The molecule has 1 amide bonds. The Kier molecular flexibility index (Phi) is 5.71. The summed E-state index contributed by atoms with van der Waals surface area (Å²) in [7, 11) is 0. The quantitative estimate of drug-likeness (QED) is 0.459. The zero-order valence-corrected chi connectivity index (χ0v) is 16.4. The molecule has 0 unspecified atom stereocenters. The van der Waals surface area contributed by atoms with Gasteiger partial charge < -0.3 is 10.4 Å². The highest BCUT2D eigenvalue weighted by Gasteiger charge is 2.17. The second-order valence-corrected chi connectivity index (χ2v) is 7.18. The molecule has 2 N–H and O–H groups in total. The van der Waals surface area contributed by atoms with Crippen LogP contribution in [0.15, 0.2) is 78.2 Å². The van der Waals surface area contributed by atoms with Crippen LogP contribution < -0.4 is 5.32 Å². The molecule has 150 valence electrons. The average molecular weight is 421 g/mol. The lowest BCUT2D eigenvalue weighted by molar-refractivity contribution is -0.113. The van der Waals surface area contributed by atoms with Crippen LogP contribution in [-0.4, -0.2) is 36.5 Å². The molecule has 0 atom stereocenters. The van der Waals surface area contributed by atoms with Gasteiger partial charge in [-0.05, 0) is 48.5 Å². The molecule has 0 spiro atoms. The zero-order valence-electron chi connectivity index (χ0n) is 15.6. The van der Waals surface area contributed by atoms with Crippen LogP contribution in [0.4, 0.5) is 10.1 Å². The standard InChI is InChI=1S/C21H16FN5O2S/c22-15-4-6-17(7-5-15)27-20(14-8-10-23-11-9-14)25-26-21(27)30-13-19(29)24-16-2-1-3-18(28)12-16/h1-12,28H,13H2,(H,24,29). The number of benzene rings is 2. The van der Waals surface area contributed by atoms with Crippen molar-refractivity contribution in [1.82, 2.24) is 19.7 Å². The number of carbonyl (C=O) groups excluding carboxylic acids is 1. The van der Waals surface area contributed by atoms with Gasteiger partial charge in [0.1, 0.15) is 11.6 Å². The maximum Gasteiger partial charge on any atom is 0.234 e. The number of phenols is 1. The summed E-state index contributed by atoms with van der Waals surface area (Å²) in [5, 5.41) is 21.2. The summed E-state index contributed by atoms with van der Waals surface area (Å²) < 4.78 is 15.2. The molecule has 2 heterocycles. The molecule has 0 fully saturated rings. The minimum absolute atomic E-state index is 0.0681. The number of halogens is 1. The number of aromatic hydroxyl groups is 1. The van der Waals surface area contributed by atoms with Gasteiger partial charge in [-0.1, -0.05) is 17.8 Å². The molecule has 4 rings (SSSR count). The number of pyridine rings is 1. The molecule has 0 aliphatic heterocycles. The minimum Gasteiger partial charge on any atom is -0.508 e. The third-order valence-electron chi connectivity index (χ3n) is 4.12. The van der Waals surface area contributed by atoms with Crippen LogP contribution in [0, 0.1) is 5.82 Å². The summed E-state index contributed by atoms with van der Waals surface area (Å²) in [5.74, 6) is 0.0887. The molecular weight excluding hydrogens is 405 g/mol. The van der Waals surface area contributed by atoms with Crippen molar-refractivity contribution in [3.63, 3.8) is 0 Å². The van der Waals surface area contributed by atoms with Gasteiger partial charge in [-0.2, -0.15) is 0 Å². The number of nitrogens with one attached hydrogen (secondary N) is 1. The van der Waals surface area contributed by atoms with Crippen LogP contribution in [-0.2, 0) is 4.79 Å². The molecule has 9 heteroatoms. The minimum atomic E-state index is -0.350. The molecule has 0 saturated carbocycles. The average Bonchev–Trinajstić information content (AvgIpc) is 3.17. The molecule has 0 radical (unpaired) electrons. The Hall–Kier alpha value is -3.72. The van der Waals surface area contributed by atoms with E-state index in [1.807, 2.05) is 0 Å². The van der Waals surface area contributed by atoms with Crippen molar-refractivity contribution >= 4 is 23.4 Å². The van der Waals surface area contributed by atoms with Gasteiger partial charge in [0.2, 0.25) is 5.91 Å². The first-order valence-electron chi connectivity index (χ1n) is 8.93. The van der Waals surface area contributed by atoms with Crippen LogP contribution in [0.5, 0.6) is 5.75 Å². The number of aromatic nitrogens is 4. The summed E-state index contributed by atoms with van der Waals surface area (Å²) in [4.78, 5) is 16.4. The second-order valence-electron chi connectivity index (χ2n) is 6.24. The van der Waals surface area contributed by atoms with Crippen LogP contribution in [0.1, 0.15) is 0 Å². The fourth-order valence-electron chi connectivity index (χ4n) is 2.79. The maximum atomic E-state index is 13.4. The third kappa shape index (κ3) is 4.47. The van der Waals surface area contributed by atoms with Crippen molar-refractivity contribution in [2.24, 2.45) is 0 Å². The van der Waals surface area contributed by atoms with E-state index in [0.717, 1.165) is 5.56 Å². The first-order chi connectivity index (χ1) is 14.6. The van der Waals surface area contributed by atoms with Gasteiger partial charge in [0, 0.05) is 35.4 Å². The first-order valence-corrected chi connectivity index (χ1v) is 9.92. The highest BCUT2D eigenvalue weighted by molar-refractivity contribution is 7.99. The molecule has 4 aromatic rings. The summed E-state index contributed by atoms with van der Waals surface area (Å²) in [5.41, 5.74) is 1.96. The van der Waals surface area contributed by atoms with E-state index < -0.39 is 0 Å². The van der Waals surface area contributed by atoms with E-state index in [9.17, 15) is 14.3 Å². The zero-order chi connectivity index (χ0) is 20.9. The Morgan fingerprint density at radius 3 is 2.57 bits per heavy atom. The van der Waals surface area contributed by atoms with Crippen molar-refractivity contribution in [2.75, 3.05) is 11.1 Å². The summed E-state index contributed by atoms with van der Waals surface area (Å²) in [6, 6.07) is 15.9. The Bertz CT molecular complexity index is 1170.